The van der Waals surface area contributed by atoms with Gasteiger partial charge >= 0.3 is 0 Å². The number of fused-ring (bicyclic) bond motifs is 3. The molecule has 218 valence electrons. The maximum atomic E-state index is 9.74. The molecule has 5 rings (SSSR count). The average Bonchev–Trinajstić information content (AvgIpc) is 3.58. The molecule has 2 atom stereocenters. The second-order valence-corrected chi connectivity index (χ2v) is 17.1. The van der Waals surface area contributed by atoms with Crippen molar-refractivity contribution in [1.29, 1.82) is 21.0 Å². The predicted molar refractivity (Wildman–Crippen MR) is 185 cm³/mol. The molecule has 0 saturated carbocycles. The van der Waals surface area contributed by atoms with E-state index in [9.17, 15) is 21.0 Å². The summed E-state index contributed by atoms with van der Waals surface area (Å²) in [6.07, 6.45) is 0. The summed E-state index contributed by atoms with van der Waals surface area (Å²) in [6, 6.07) is 9.22. The van der Waals surface area contributed by atoms with Crippen molar-refractivity contribution in [3.63, 3.8) is 0 Å². The molecule has 2 aliphatic heterocycles. The van der Waals surface area contributed by atoms with Crippen LogP contribution in [0.5, 0.6) is 0 Å². The van der Waals surface area contributed by atoms with Gasteiger partial charge in [-0.1, -0.05) is 0 Å². The summed E-state index contributed by atoms with van der Waals surface area (Å²) in [5, 5.41) is 39.0. The zero-order chi connectivity index (χ0) is 32.1. The second kappa shape index (κ2) is 12.0. The zero-order valence-electron chi connectivity index (χ0n) is 26.5. The summed E-state index contributed by atoms with van der Waals surface area (Å²) >= 11 is 7.07. The minimum absolute atomic E-state index is 0.140. The molecular formula is C35H34N4S4. The van der Waals surface area contributed by atoms with Gasteiger partial charge in [0.1, 0.15) is 24.3 Å². The first kappa shape index (κ1) is 32.7. The van der Waals surface area contributed by atoms with Crippen molar-refractivity contribution in [2.24, 2.45) is 0 Å². The molecule has 0 bridgehead atoms. The van der Waals surface area contributed by atoms with Crippen LogP contribution in [-0.2, 0) is 0 Å². The molecule has 4 nitrogen and oxygen atoms in total. The largest absolute Gasteiger partial charge is 0.192 e. The molecule has 0 N–H and O–H groups in total. The molecule has 2 aromatic heterocycles. The van der Waals surface area contributed by atoms with Crippen molar-refractivity contribution in [2.45, 2.75) is 86.2 Å². The zero-order valence-corrected chi connectivity index (χ0v) is 29.8. The van der Waals surface area contributed by atoms with E-state index in [2.05, 4.69) is 72.7 Å². The van der Waals surface area contributed by atoms with E-state index in [-0.39, 0.29) is 10.00 Å². The van der Waals surface area contributed by atoms with Gasteiger partial charge in [-0.05, 0) is 119 Å². The van der Waals surface area contributed by atoms with E-state index in [1.54, 1.807) is 22.7 Å². The van der Waals surface area contributed by atoms with Gasteiger partial charge in [0.05, 0.1) is 32.3 Å². The highest BCUT2D eigenvalue weighted by Gasteiger charge is 2.53. The SMILES string of the molecule is CC1=C(C)C2=C(C#N)C(C#N)=C3C(C)=C(C)SC3(C)C2S1.Cc1sc(C)c(/C(C#N)=C(/C#N)c2c(C)sc(C)c2C)c1C. The minimum atomic E-state index is -0.140. The van der Waals surface area contributed by atoms with E-state index in [0.717, 1.165) is 43.2 Å². The highest BCUT2D eigenvalue weighted by molar-refractivity contribution is 8.08. The molecule has 2 aromatic rings. The molecule has 0 saturated heterocycles. The van der Waals surface area contributed by atoms with E-state index in [0.29, 0.717) is 22.3 Å². The number of hydrogen-bond donors (Lipinski definition) is 0. The highest BCUT2D eigenvalue weighted by atomic mass is 32.2. The van der Waals surface area contributed by atoms with Gasteiger partial charge in [-0.3, -0.25) is 0 Å². The van der Waals surface area contributed by atoms with Crippen LogP contribution >= 0.6 is 46.2 Å². The molecular weight excluding hydrogens is 605 g/mol. The Kier molecular flexibility index (Phi) is 9.14. The lowest BCUT2D eigenvalue weighted by Crippen LogP contribution is -2.38. The smallest absolute Gasteiger partial charge is 0.101 e. The van der Waals surface area contributed by atoms with Crippen molar-refractivity contribution in [3.05, 3.63) is 85.0 Å². The third-order valence-electron chi connectivity index (χ3n) is 8.84. The van der Waals surface area contributed by atoms with E-state index >= 15 is 0 Å². The summed E-state index contributed by atoms with van der Waals surface area (Å²) < 4.78 is -0.140. The van der Waals surface area contributed by atoms with Crippen LogP contribution in [0, 0.1) is 86.9 Å². The average molecular weight is 639 g/mol. The van der Waals surface area contributed by atoms with Crippen LogP contribution in [0.3, 0.4) is 0 Å². The number of rotatable bonds is 2. The number of thiophene rings is 2. The molecule has 2 unspecified atom stereocenters. The number of thioether (sulfide) groups is 2. The molecule has 43 heavy (non-hydrogen) atoms. The van der Waals surface area contributed by atoms with E-state index in [1.165, 1.54) is 30.7 Å². The fourth-order valence-corrected chi connectivity index (χ4v) is 11.6. The van der Waals surface area contributed by atoms with Gasteiger partial charge in [0.25, 0.3) is 0 Å². The van der Waals surface area contributed by atoms with Crippen LogP contribution in [0.4, 0.5) is 0 Å². The van der Waals surface area contributed by atoms with Crippen LogP contribution in [-0.4, -0.2) is 10.00 Å². The van der Waals surface area contributed by atoms with Crippen molar-refractivity contribution in [3.8, 4) is 24.3 Å². The Balaban J connectivity index is 0.000000197. The minimum Gasteiger partial charge on any atom is -0.192 e. The molecule has 8 heteroatoms. The maximum absolute atomic E-state index is 9.74. The molecule has 3 aliphatic rings. The lowest BCUT2D eigenvalue weighted by Gasteiger charge is -2.38. The lowest BCUT2D eigenvalue weighted by atomic mass is 9.75. The molecule has 4 heterocycles. The Morgan fingerprint density at radius 1 is 0.628 bits per heavy atom. The Morgan fingerprint density at radius 2 is 1.09 bits per heavy atom. The number of nitrogens with zero attached hydrogens (tertiary/aromatic N) is 4. The van der Waals surface area contributed by atoms with Crippen LogP contribution < -0.4 is 0 Å². The molecule has 0 fully saturated rings. The van der Waals surface area contributed by atoms with Crippen LogP contribution in [0.2, 0.25) is 0 Å². The van der Waals surface area contributed by atoms with Crippen molar-refractivity contribution < 1.29 is 0 Å². The van der Waals surface area contributed by atoms with Crippen molar-refractivity contribution >= 4 is 57.3 Å². The van der Waals surface area contributed by atoms with Crippen molar-refractivity contribution in [1.82, 2.24) is 0 Å². The number of aryl methyl sites for hydroxylation is 4. The second-order valence-electron chi connectivity index (χ2n) is 11.2. The predicted octanol–water partition coefficient (Wildman–Crippen LogP) is 10.5. The van der Waals surface area contributed by atoms with Crippen LogP contribution in [0.25, 0.3) is 11.1 Å². The maximum Gasteiger partial charge on any atom is 0.101 e. The number of hydrogen-bond acceptors (Lipinski definition) is 8. The summed E-state index contributed by atoms with van der Waals surface area (Å²) in [7, 11) is 0. The number of allylic oxidation sites excluding steroid dienone is 8. The highest BCUT2D eigenvalue weighted by Crippen LogP contribution is 2.63. The van der Waals surface area contributed by atoms with E-state index in [4.69, 9.17) is 0 Å². The topological polar surface area (TPSA) is 95.2 Å². The molecule has 0 spiro atoms. The first-order valence-corrected chi connectivity index (χ1v) is 17.2. The van der Waals surface area contributed by atoms with Gasteiger partial charge in [-0.15, -0.1) is 46.2 Å². The summed E-state index contributed by atoms with van der Waals surface area (Å²) in [6.45, 7) is 22.8. The summed E-state index contributed by atoms with van der Waals surface area (Å²) in [5.41, 5.74) is 10.8. The molecule has 1 aliphatic carbocycles. The summed E-state index contributed by atoms with van der Waals surface area (Å²) in [4.78, 5) is 7.13. The van der Waals surface area contributed by atoms with Gasteiger partial charge < -0.3 is 0 Å². The van der Waals surface area contributed by atoms with Gasteiger partial charge in [0, 0.05) is 30.6 Å². The first-order valence-electron chi connectivity index (χ1n) is 13.9. The Labute approximate surface area is 272 Å². The number of nitriles is 4. The molecule has 0 amide bonds. The summed E-state index contributed by atoms with van der Waals surface area (Å²) in [5.74, 6) is 0. The van der Waals surface area contributed by atoms with Gasteiger partial charge in [-0.2, -0.15) is 21.0 Å². The Hall–Kier alpha value is -3.24. The standard InChI is InChI=1S/C18H18N2S2.C17H16N2S2/c1-9-11(3)21-13(5)17(9)15(7-19)16(8-20)18-10(2)12(4)22-14(18)6;1-8-10(3)20-16-14(8)12(6-18)13(7-19)15-9(2)11(4)21-17(15,16)5/h1-6H3;16H,1-5H3/b16-15-;. The fourth-order valence-electron chi connectivity index (χ4n) is 6.31. The molecule has 0 aromatic carbocycles. The van der Waals surface area contributed by atoms with E-state index in [1.807, 2.05) is 51.2 Å². The van der Waals surface area contributed by atoms with E-state index < -0.39 is 0 Å². The quantitative estimate of drug-likeness (QED) is 0.304. The first-order chi connectivity index (χ1) is 20.2. The lowest BCUT2D eigenvalue weighted by molar-refractivity contribution is 0.750. The van der Waals surface area contributed by atoms with Crippen LogP contribution in [0.1, 0.15) is 76.4 Å². The third kappa shape index (κ3) is 5.06. The van der Waals surface area contributed by atoms with Gasteiger partial charge in [0.15, 0.2) is 0 Å². The third-order valence-corrected chi connectivity index (χ3v) is 14.3. The van der Waals surface area contributed by atoms with Gasteiger partial charge in [-0.25, -0.2) is 0 Å². The normalized spacial score (nSPS) is 21.4. The van der Waals surface area contributed by atoms with Gasteiger partial charge in [0.2, 0.25) is 0 Å². The Bertz CT molecular complexity index is 1850. The molecule has 0 radical (unpaired) electrons. The Morgan fingerprint density at radius 3 is 1.47 bits per heavy atom. The van der Waals surface area contributed by atoms with Crippen LogP contribution in [0.15, 0.2) is 43.2 Å². The monoisotopic (exact) mass is 638 g/mol. The van der Waals surface area contributed by atoms with Crippen molar-refractivity contribution in [2.75, 3.05) is 0 Å². The fraction of sp³-hybridized carbons (Fsp3) is 0.371.